The van der Waals surface area contributed by atoms with Gasteiger partial charge in [-0.1, -0.05) is 6.92 Å². The topological polar surface area (TPSA) is 39.7 Å². The third-order valence-corrected chi connectivity index (χ3v) is 2.50. The Bertz CT molecular complexity index is 257. The van der Waals surface area contributed by atoms with Crippen LogP contribution in [-0.2, 0) is 0 Å². The van der Waals surface area contributed by atoms with Gasteiger partial charge in [0.2, 0.25) is 0 Å². The van der Waals surface area contributed by atoms with E-state index in [4.69, 9.17) is 0 Å². The summed E-state index contributed by atoms with van der Waals surface area (Å²) in [6.07, 6.45) is 3.27. The molecule has 2 aliphatic rings. The van der Waals surface area contributed by atoms with Gasteiger partial charge in [0, 0.05) is 32.3 Å². The molecule has 0 aliphatic carbocycles. The van der Waals surface area contributed by atoms with E-state index >= 15 is 0 Å². The maximum absolute atomic E-state index is 4.46. The van der Waals surface area contributed by atoms with Crippen molar-refractivity contribution in [2.45, 2.75) is 13.3 Å². The van der Waals surface area contributed by atoms with Gasteiger partial charge in [0.15, 0.2) is 0 Å². The first-order valence-corrected chi connectivity index (χ1v) is 5.39. The average molecular weight is 194 g/mol. The second-order valence-electron chi connectivity index (χ2n) is 3.64. The molecule has 4 heteroatoms. The van der Waals surface area contributed by atoms with E-state index in [1.165, 1.54) is 0 Å². The lowest BCUT2D eigenvalue weighted by molar-refractivity contribution is 0.459. The van der Waals surface area contributed by atoms with Crippen molar-refractivity contribution in [1.82, 2.24) is 15.5 Å². The van der Waals surface area contributed by atoms with Gasteiger partial charge < -0.3 is 15.5 Å². The molecule has 78 valence electrons. The molecule has 14 heavy (non-hydrogen) atoms. The lowest BCUT2D eigenvalue weighted by atomic mass is 10.4. The number of nitrogens with one attached hydrogen (secondary N) is 2. The lowest BCUT2D eigenvalue weighted by Crippen LogP contribution is -2.31. The van der Waals surface area contributed by atoms with Crippen LogP contribution < -0.4 is 10.6 Å². The van der Waals surface area contributed by atoms with Crippen LogP contribution in [-0.4, -0.2) is 43.5 Å². The highest BCUT2D eigenvalue weighted by atomic mass is 15.3. The van der Waals surface area contributed by atoms with Gasteiger partial charge in [-0.15, -0.1) is 0 Å². The summed E-state index contributed by atoms with van der Waals surface area (Å²) in [5.74, 6) is 2.25. The van der Waals surface area contributed by atoms with E-state index in [0.717, 1.165) is 50.8 Å². The molecule has 2 heterocycles. The summed E-state index contributed by atoms with van der Waals surface area (Å²) < 4.78 is 0. The summed E-state index contributed by atoms with van der Waals surface area (Å²) in [6, 6.07) is 0. The molecule has 0 aromatic heterocycles. The average Bonchev–Trinajstić information content (AvgIpc) is 2.54. The van der Waals surface area contributed by atoms with Crippen LogP contribution in [0.15, 0.2) is 16.9 Å². The van der Waals surface area contributed by atoms with Gasteiger partial charge in [-0.05, 0) is 6.42 Å². The van der Waals surface area contributed by atoms with Crippen LogP contribution >= 0.6 is 0 Å². The molecule has 2 N–H and O–H groups in total. The van der Waals surface area contributed by atoms with E-state index in [1.807, 2.05) is 0 Å². The van der Waals surface area contributed by atoms with Crippen LogP contribution in [0.2, 0.25) is 0 Å². The second kappa shape index (κ2) is 4.35. The minimum absolute atomic E-state index is 0.951. The van der Waals surface area contributed by atoms with E-state index in [-0.39, 0.29) is 0 Å². The maximum Gasteiger partial charge on any atom is 0.127 e. The molecular formula is C10H18N4. The second-order valence-corrected chi connectivity index (χ2v) is 3.64. The molecule has 0 bridgehead atoms. The van der Waals surface area contributed by atoms with E-state index in [9.17, 15) is 0 Å². The van der Waals surface area contributed by atoms with Crippen LogP contribution in [0, 0.1) is 0 Å². The zero-order valence-electron chi connectivity index (χ0n) is 8.71. The first kappa shape index (κ1) is 9.37. The Morgan fingerprint density at radius 1 is 1.57 bits per heavy atom. The summed E-state index contributed by atoms with van der Waals surface area (Å²) in [7, 11) is 0. The monoisotopic (exact) mass is 194 g/mol. The molecule has 2 rings (SSSR count). The predicted molar refractivity (Wildman–Crippen MR) is 58.3 cm³/mol. The fourth-order valence-electron chi connectivity index (χ4n) is 1.74. The van der Waals surface area contributed by atoms with Crippen molar-refractivity contribution < 1.29 is 0 Å². The molecule has 2 aliphatic heterocycles. The molecule has 0 fully saturated rings. The zero-order chi connectivity index (χ0) is 9.80. The molecule has 0 radical (unpaired) electrons. The highest BCUT2D eigenvalue weighted by Crippen LogP contribution is 2.06. The van der Waals surface area contributed by atoms with Crippen molar-refractivity contribution in [3.05, 3.63) is 11.9 Å². The van der Waals surface area contributed by atoms with Gasteiger partial charge in [0.1, 0.15) is 11.7 Å². The number of aliphatic imine (C=N–C) groups is 1. The third kappa shape index (κ3) is 2.00. The van der Waals surface area contributed by atoms with Crippen molar-refractivity contribution in [1.29, 1.82) is 0 Å². The first-order chi connectivity index (χ1) is 6.90. The molecule has 0 aromatic rings. The molecule has 0 spiro atoms. The molecule has 0 aromatic carbocycles. The van der Waals surface area contributed by atoms with Gasteiger partial charge in [0.25, 0.3) is 0 Å². The molecule has 0 unspecified atom stereocenters. The number of nitrogens with zero attached hydrogens (tertiary/aromatic N) is 2. The van der Waals surface area contributed by atoms with Gasteiger partial charge in [-0.2, -0.15) is 0 Å². The Morgan fingerprint density at radius 3 is 3.36 bits per heavy atom. The van der Waals surface area contributed by atoms with Crippen molar-refractivity contribution in [2.75, 3.05) is 32.7 Å². The summed E-state index contributed by atoms with van der Waals surface area (Å²) in [5, 5.41) is 6.74. The minimum Gasteiger partial charge on any atom is -0.372 e. The standard InChI is InChI=1S/C10H18N4/c1-2-3-11-9-8-10-13-5-7-14(10)6-4-12-9/h8,11-12H,2-7H2,1H3. The summed E-state index contributed by atoms with van der Waals surface area (Å²) >= 11 is 0. The van der Waals surface area contributed by atoms with Crippen molar-refractivity contribution in [3.8, 4) is 0 Å². The van der Waals surface area contributed by atoms with Crippen LogP contribution in [0.3, 0.4) is 0 Å². The number of amidine groups is 1. The van der Waals surface area contributed by atoms with Crippen LogP contribution in [0.5, 0.6) is 0 Å². The maximum atomic E-state index is 4.46. The Labute approximate surface area is 85.1 Å². The minimum atomic E-state index is 0.951. The lowest BCUT2D eigenvalue weighted by Gasteiger charge is -2.14. The van der Waals surface area contributed by atoms with Crippen molar-refractivity contribution in [3.63, 3.8) is 0 Å². The Hall–Kier alpha value is -1.19. The molecule has 0 atom stereocenters. The van der Waals surface area contributed by atoms with Crippen LogP contribution in [0.1, 0.15) is 13.3 Å². The van der Waals surface area contributed by atoms with Crippen molar-refractivity contribution in [2.24, 2.45) is 4.99 Å². The first-order valence-electron chi connectivity index (χ1n) is 5.39. The van der Waals surface area contributed by atoms with Crippen molar-refractivity contribution >= 4 is 5.84 Å². The smallest absolute Gasteiger partial charge is 0.127 e. The van der Waals surface area contributed by atoms with E-state index in [2.05, 4.69) is 33.5 Å². The van der Waals surface area contributed by atoms with E-state index in [1.54, 1.807) is 0 Å². The molecule has 0 amide bonds. The predicted octanol–water partition coefficient (Wildman–Crippen LogP) is 0.145. The van der Waals surface area contributed by atoms with Gasteiger partial charge in [0.05, 0.1) is 6.54 Å². The molecule has 0 saturated heterocycles. The van der Waals surface area contributed by atoms with Crippen LogP contribution in [0.4, 0.5) is 0 Å². The zero-order valence-corrected chi connectivity index (χ0v) is 8.71. The Balaban J connectivity index is 2.01. The number of hydrogen-bond donors (Lipinski definition) is 2. The Kier molecular flexibility index (Phi) is 2.91. The molecular weight excluding hydrogens is 176 g/mol. The number of rotatable bonds is 3. The fraction of sp³-hybridized carbons (Fsp3) is 0.700. The van der Waals surface area contributed by atoms with Gasteiger partial charge in [-0.25, -0.2) is 0 Å². The fourth-order valence-corrected chi connectivity index (χ4v) is 1.74. The highest BCUT2D eigenvalue weighted by molar-refractivity contribution is 5.94. The molecule has 0 saturated carbocycles. The quantitative estimate of drug-likeness (QED) is 0.671. The van der Waals surface area contributed by atoms with Gasteiger partial charge in [-0.3, -0.25) is 4.99 Å². The SMILES string of the molecule is CCCNC1=CC2=NCCN2CCN1. The van der Waals surface area contributed by atoms with Gasteiger partial charge >= 0.3 is 0 Å². The largest absolute Gasteiger partial charge is 0.372 e. The van der Waals surface area contributed by atoms with E-state index in [0.29, 0.717) is 0 Å². The van der Waals surface area contributed by atoms with E-state index < -0.39 is 0 Å². The summed E-state index contributed by atoms with van der Waals surface area (Å²) in [5.41, 5.74) is 0. The third-order valence-electron chi connectivity index (χ3n) is 2.50. The molecule has 4 nitrogen and oxygen atoms in total. The summed E-state index contributed by atoms with van der Waals surface area (Å²) in [4.78, 5) is 6.79. The highest BCUT2D eigenvalue weighted by Gasteiger charge is 2.17. The van der Waals surface area contributed by atoms with Crippen LogP contribution in [0.25, 0.3) is 0 Å². The Morgan fingerprint density at radius 2 is 2.50 bits per heavy atom. The summed E-state index contributed by atoms with van der Waals surface area (Å²) in [6.45, 7) is 7.28. The number of fused-ring (bicyclic) bond motifs is 1. The number of hydrogen-bond acceptors (Lipinski definition) is 4. The normalized spacial score (nSPS) is 20.5.